The quantitative estimate of drug-likeness (QED) is 0.755. The van der Waals surface area contributed by atoms with E-state index in [1.807, 2.05) is 6.92 Å². The number of ether oxygens (including phenoxy) is 1. The van der Waals surface area contributed by atoms with Gasteiger partial charge < -0.3 is 4.74 Å². The fraction of sp³-hybridized carbons (Fsp3) is 0.583. The summed E-state index contributed by atoms with van der Waals surface area (Å²) in [4.78, 5) is 15.0. The molecule has 0 spiro atoms. The highest BCUT2D eigenvalue weighted by molar-refractivity contribution is 9.10. The van der Waals surface area contributed by atoms with Gasteiger partial charge in [0.25, 0.3) is 0 Å². The van der Waals surface area contributed by atoms with Crippen molar-refractivity contribution in [2.75, 3.05) is 13.2 Å². The molecule has 94 valence electrons. The van der Waals surface area contributed by atoms with Crippen LogP contribution >= 0.6 is 27.3 Å². The lowest BCUT2D eigenvalue weighted by atomic mass is 10.4. The molecule has 0 aliphatic heterocycles. The van der Waals surface area contributed by atoms with E-state index in [9.17, 15) is 4.79 Å². The van der Waals surface area contributed by atoms with Gasteiger partial charge in [-0.3, -0.25) is 9.69 Å². The summed E-state index contributed by atoms with van der Waals surface area (Å²) in [6.45, 7) is 3.56. The Morgan fingerprint density at radius 1 is 1.65 bits per heavy atom. The predicted molar refractivity (Wildman–Crippen MR) is 72.1 cm³/mol. The molecule has 1 saturated carbocycles. The van der Waals surface area contributed by atoms with Crippen LogP contribution in [0.4, 0.5) is 0 Å². The molecule has 1 aromatic rings. The van der Waals surface area contributed by atoms with Gasteiger partial charge in [0.1, 0.15) is 0 Å². The van der Waals surface area contributed by atoms with Crippen molar-refractivity contribution in [3.63, 3.8) is 0 Å². The van der Waals surface area contributed by atoms with Crippen LogP contribution in [0.3, 0.4) is 0 Å². The first-order valence-corrected chi connectivity index (χ1v) is 7.49. The van der Waals surface area contributed by atoms with Gasteiger partial charge >= 0.3 is 5.97 Å². The zero-order chi connectivity index (χ0) is 12.3. The second kappa shape index (κ2) is 5.98. The molecule has 0 amide bonds. The molecular weight excluding hydrogens is 302 g/mol. The summed E-state index contributed by atoms with van der Waals surface area (Å²) in [6, 6.07) is 2.69. The maximum absolute atomic E-state index is 11.5. The van der Waals surface area contributed by atoms with Gasteiger partial charge in [-0.15, -0.1) is 11.3 Å². The Bertz CT molecular complexity index is 390. The number of hydrogen-bond donors (Lipinski definition) is 0. The van der Waals surface area contributed by atoms with Crippen LogP contribution in [0.15, 0.2) is 15.9 Å². The van der Waals surface area contributed by atoms with E-state index in [1.165, 1.54) is 17.7 Å². The average molecular weight is 318 g/mol. The lowest BCUT2D eigenvalue weighted by Gasteiger charge is -2.19. The molecule has 0 unspecified atom stereocenters. The number of esters is 1. The molecule has 0 bridgehead atoms. The molecule has 2 rings (SSSR count). The number of halogens is 1. The second-order valence-electron chi connectivity index (χ2n) is 4.17. The lowest BCUT2D eigenvalue weighted by Crippen LogP contribution is -2.32. The van der Waals surface area contributed by atoms with E-state index in [0.717, 1.165) is 11.0 Å². The van der Waals surface area contributed by atoms with Gasteiger partial charge in [-0.05, 0) is 41.8 Å². The van der Waals surface area contributed by atoms with Crippen LogP contribution in [0.5, 0.6) is 0 Å². The maximum Gasteiger partial charge on any atom is 0.320 e. The Labute approximate surface area is 114 Å². The number of nitrogens with zero attached hydrogens (tertiary/aromatic N) is 1. The third kappa shape index (κ3) is 4.08. The van der Waals surface area contributed by atoms with Crippen LogP contribution in [0.25, 0.3) is 0 Å². The first-order valence-electron chi connectivity index (χ1n) is 5.81. The number of rotatable bonds is 6. The maximum atomic E-state index is 11.5. The molecule has 1 aliphatic rings. The van der Waals surface area contributed by atoms with Crippen molar-refractivity contribution in [3.05, 3.63) is 20.8 Å². The second-order valence-corrected chi connectivity index (χ2v) is 6.08. The van der Waals surface area contributed by atoms with Crippen molar-refractivity contribution in [2.45, 2.75) is 32.4 Å². The van der Waals surface area contributed by atoms with Crippen molar-refractivity contribution >= 4 is 33.2 Å². The average Bonchev–Trinajstić information content (AvgIpc) is 3.03. The van der Waals surface area contributed by atoms with E-state index in [4.69, 9.17) is 4.74 Å². The first-order chi connectivity index (χ1) is 8.19. The molecule has 5 heteroatoms. The van der Waals surface area contributed by atoms with Crippen LogP contribution in [0.2, 0.25) is 0 Å². The van der Waals surface area contributed by atoms with Gasteiger partial charge in [-0.25, -0.2) is 0 Å². The summed E-state index contributed by atoms with van der Waals surface area (Å²) in [7, 11) is 0. The monoisotopic (exact) mass is 317 g/mol. The van der Waals surface area contributed by atoms with Crippen LogP contribution in [-0.2, 0) is 16.1 Å². The topological polar surface area (TPSA) is 29.5 Å². The van der Waals surface area contributed by atoms with Gasteiger partial charge in [0.05, 0.1) is 13.2 Å². The summed E-state index contributed by atoms with van der Waals surface area (Å²) >= 11 is 5.17. The third-order valence-electron chi connectivity index (χ3n) is 2.68. The van der Waals surface area contributed by atoms with Crippen molar-refractivity contribution in [3.8, 4) is 0 Å². The van der Waals surface area contributed by atoms with E-state index < -0.39 is 0 Å². The minimum atomic E-state index is -0.116. The number of hydrogen-bond acceptors (Lipinski definition) is 4. The first kappa shape index (κ1) is 13.1. The zero-order valence-electron chi connectivity index (χ0n) is 9.82. The Hall–Kier alpha value is -0.390. The molecule has 0 N–H and O–H groups in total. The summed E-state index contributed by atoms with van der Waals surface area (Å²) in [5.41, 5.74) is 0. The molecule has 17 heavy (non-hydrogen) atoms. The minimum Gasteiger partial charge on any atom is -0.465 e. The summed E-state index contributed by atoms with van der Waals surface area (Å²) in [6.07, 6.45) is 2.40. The van der Waals surface area contributed by atoms with E-state index in [2.05, 4.69) is 32.3 Å². The van der Waals surface area contributed by atoms with Gasteiger partial charge in [-0.2, -0.15) is 0 Å². The van der Waals surface area contributed by atoms with E-state index in [-0.39, 0.29) is 5.97 Å². The Morgan fingerprint density at radius 2 is 2.41 bits per heavy atom. The Balaban J connectivity index is 1.91. The highest BCUT2D eigenvalue weighted by atomic mass is 79.9. The SMILES string of the molecule is CCOC(=O)CN(Cc1cc(Br)cs1)C1CC1. The van der Waals surface area contributed by atoms with Gasteiger partial charge in [-0.1, -0.05) is 0 Å². The van der Waals surface area contributed by atoms with Gasteiger partial charge in [0, 0.05) is 27.3 Å². The van der Waals surface area contributed by atoms with Crippen LogP contribution in [0, 0.1) is 0 Å². The minimum absolute atomic E-state index is 0.116. The fourth-order valence-corrected chi connectivity index (χ4v) is 3.24. The van der Waals surface area contributed by atoms with Crippen molar-refractivity contribution in [2.24, 2.45) is 0 Å². The van der Waals surface area contributed by atoms with Crippen LogP contribution in [-0.4, -0.2) is 30.1 Å². The highest BCUT2D eigenvalue weighted by Crippen LogP contribution is 2.30. The van der Waals surface area contributed by atoms with Crippen molar-refractivity contribution in [1.29, 1.82) is 0 Å². The molecule has 0 radical (unpaired) electrons. The molecule has 1 fully saturated rings. The molecular formula is C12H16BrNO2S. The highest BCUT2D eigenvalue weighted by Gasteiger charge is 2.30. The third-order valence-corrected chi connectivity index (χ3v) is 4.36. The van der Waals surface area contributed by atoms with E-state index >= 15 is 0 Å². The van der Waals surface area contributed by atoms with E-state index in [1.54, 1.807) is 11.3 Å². The molecule has 1 aromatic heterocycles. The number of carbonyl (C=O) groups is 1. The molecule has 3 nitrogen and oxygen atoms in total. The fourth-order valence-electron chi connectivity index (χ4n) is 1.76. The normalized spacial score (nSPS) is 15.2. The predicted octanol–water partition coefficient (Wildman–Crippen LogP) is 3.04. The number of thiophene rings is 1. The molecule has 1 heterocycles. The largest absolute Gasteiger partial charge is 0.465 e. The Kier molecular flexibility index (Phi) is 4.59. The molecule has 0 aromatic carbocycles. The van der Waals surface area contributed by atoms with Gasteiger partial charge in [0.2, 0.25) is 0 Å². The summed E-state index contributed by atoms with van der Waals surface area (Å²) in [5.74, 6) is -0.116. The molecule has 0 atom stereocenters. The summed E-state index contributed by atoms with van der Waals surface area (Å²) < 4.78 is 6.12. The summed E-state index contributed by atoms with van der Waals surface area (Å²) in [5, 5.41) is 2.07. The van der Waals surface area contributed by atoms with Crippen LogP contribution in [0.1, 0.15) is 24.6 Å². The van der Waals surface area contributed by atoms with Crippen molar-refractivity contribution < 1.29 is 9.53 Å². The smallest absolute Gasteiger partial charge is 0.320 e. The standard InChI is InChI=1S/C12H16BrNO2S/c1-2-16-12(15)7-14(10-3-4-10)6-11-5-9(13)8-17-11/h5,8,10H,2-4,6-7H2,1H3. The van der Waals surface area contributed by atoms with Crippen molar-refractivity contribution in [1.82, 2.24) is 4.90 Å². The molecule has 1 aliphatic carbocycles. The van der Waals surface area contributed by atoms with Gasteiger partial charge in [0.15, 0.2) is 0 Å². The molecule has 0 saturated heterocycles. The lowest BCUT2D eigenvalue weighted by molar-refractivity contribution is -0.144. The number of carbonyl (C=O) groups excluding carboxylic acids is 1. The van der Waals surface area contributed by atoms with E-state index in [0.29, 0.717) is 19.2 Å². The Morgan fingerprint density at radius 3 is 2.94 bits per heavy atom. The van der Waals surface area contributed by atoms with Crippen LogP contribution < -0.4 is 0 Å². The zero-order valence-corrected chi connectivity index (χ0v) is 12.2.